The summed E-state index contributed by atoms with van der Waals surface area (Å²) in [4.78, 5) is 0. The van der Waals surface area contributed by atoms with Crippen LogP contribution in [0.15, 0.2) is 54.6 Å². The minimum Gasteiger partial charge on any atom is -0.0909 e. The first-order valence-corrected chi connectivity index (χ1v) is 7.20. The van der Waals surface area contributed by atoms with Crippen LogP contribution in [-0.4, -0.2) is 0 Å². The highest BCUT2D eigenvalue weighted by Gasteiger charge is 2.16. The molecular weight excluding hydrogens is 240 g/mol. The molecule has 1 aliphatic rings. The van der Waals surface area contributed by atoms with Gasteiger partial charge in [-0.25, -0.2) is 0 Å². The van der Waals surface area contributed by atoms with Crippen LogP contribution in [0.3, 0.4) is 0 Å². The molecule has 0 heterocycles. The average Bonchev–Trinajstić information content (AvgIpc) is 2.45. The van der Waals surface area contributed by atoms with Crippen LogP contribution in [0.5, 0.6) is 0 Å². The predicted molar refractivity (Wildman–Crippen MR) is 87.7 cm³/mol. The molecule has 0 saturated heterocycles. The third-order valence-electron chi connectivity index (χ3n) is 4.06. The molecule has 0 spiro atoms. The Morgan fingerprint density at radius 1 is 0.900 bits per heavy atom. The van der Waals surface area contributed by atoms with E-state index in [9.17, 15) is 0 Å². The Hall–Kier alpha value is -2.08. The fourth-order valence-electron chi connectivity index (χ4n) is 2.81. The third-order valence-corrected chi connectivity index (χ3v) is 4.06. The quantitative estimate of drug-likeness (QED) is 0.648. The molecule has 20 heavy (non-hydrogen) atoms. The van der Waals surface area contributed by atoms with Gasteiger partial charge in [-0.3, -0.25) is 0 Å². The summed E-state index contributed by atoms with van der Waals surface area (Å²) >= 11 is 0. The molecule has 100 valence electrons. The first-order valence-electron chi connectivity index (χ1n) is 7.20. The topological polar surface area (TPSA) is 0 Å². The highest BCUT2D eigenvalue weighted by atomic mass is 14.2. The Kier molecular flexibility index (Phi) is 3.31. The molecule has 0 nitrogen and oxygen atoms in total. The van der Waals surface area contributed by atoms with Crippen LogP contribution in [-0.2, 0) is 6.42 Å². The van der Waals surface area contributed by atoms with Crippen molar-refractivity contribution in [3.05, 3.63) is 82.4 Å². The summed E-state index contributed by atoms with van der Waals surface area (Å²) in [5.74, 6) is 0. The number of allylic oxidation sites excluding steroid dienone is 2. The molecule has 0 amide bonds. The lowest BCUT2D eigenvalue weighted by Crippen LogP contribution is -2.04. The SMILES string of the molecule is C=C1/C(=C/c2ccc(C)cc2)CCc2ccc(C)cc21. The van der Waals surface area contributed by atoms with E-state index in [-0.39, 0.29) is 0 Å². The van der Waals surface area contributed by atoms with Gasteiger partial charge in [0.1, 0.15) is 0 Å². The summed E-state index contributed by atoms with van der Waals surface area (Å²) in [7, 11) is 0. The van der Waals surface area contributed by atoms with Crippen molar-refractivity contribution >= 4 is 11.6 Å². The summed E-state index contributed by atoms with van der Waals surface area (Å²) in [6.07, 6.45) is 4.49. The van der Waals surface area contributed by atoms with Crippen LogP contribution < -0.4 is 0 Å². The summed E-state index contributed by atoms with van der Waals surface area (Å²) in [5.41, 5.74) is 9.19. The summed E-state index contributed by atoms with van der Waals surface area (Å²) in [6.45, 7) is 8.59. The van der Waals surface area contributed by atoms with Crippen LogP contribution in [0, 0.1) is 13.8 Å². The minimum atomic E-state index is 1.09. The van der Waals surface area contributed by atoms with Crippen molar-refractivity contribution < 1.29 is 0 Å². The maximum absolute atomic E-state index is 4.32. The van der Waals surface area contributed by atoms with E-state index in [0.29, 0.717) is 0 Å². The van der Waals surface area contributed by atoms with E-state index in [1.54, 1.807) is 0 Å². The lowest BCUT2D eigenvalue weighted by atomic mass is 9.83. The van der Waals surface area contributed by atoms with E-state index in [1.165, 1.54) is 39.0 Å². The zero-order valence-electron chi connectivity index (χ0n) is 12.2. The van der Waals surface area contributed by atoms with Gasteiger partial charge in [0, 0.05) is 0 Å². The molecule has 0 atom stereocenters. The molecular formula is C20H20. The van der Waals surface area contributed by atoms with Crippen molar-refractivity contribution in [2.24, 2.45) is 0 Å². The van der Waals surface area contributed by atoms with Crippen LogP contribution in [0.25, 0.3) is 11.6 Å². The van der Waals surface area contributed by atoms with Crippen LogP contribution in [0.1, 0.15) is 34.2 Å². The molecule has 0 aliphatic heterocycles. The second kappa shape index (κ2) is 5.13. The first kappa shape index (κ1) is 12.9. The van der Waals surface area contributed by atoms with E-state index >= 15 is 0 Å². The van der Waals surface area contributed by atoms with E-state index in [1.807, 2.05) is 0 Å². The van der Waals surface area contributed by atoms with Gasteiger partial charge in [0.25, 0.3) is 0 Å². The number of benzene rings is 2. The summed E-state index contributed by atoms with van der Waals surface area (Å²) < 4.78 is 0. The van der Waals surface area contributed by atoms with Crippen LogP contribution in [0.4, 0.5) is 0 Å². The zero-order valence-corrected chi connectivity index (χ0v) is 12.2. The largest absolute Gasteiger partial charge is 0.0909 e. The zero-order chi connectivity index (χ0) is 14.1. The lowest BCUT2D eigenvalue weighted by Gasteiger charge is -2.22. The number of rotatable bonds is 1. The number of aryl methyl sites for hydroxylation is 3. The lowest BCUT2D eigenvalue weighted by molar-refractivity contribution is 0.944. The van der Waals surface area contributed by atoms with Gasteiger partial charge < -0.3 is 0 Å². The van der Waals surface area contributed by atoms with Crippen molar-refractivity contribution in [3.8, 4) is 0 Å². The van der Waals surface area contributed by atoms with Crippen LogP contribution >= 0.6 is 0 Å². The van der Waals surface area contributed by atoms with Gasteiger partial charge >= 0.3 is 0 Å². The van der Waals surface area contributed by atoms with Gasteiger partial charge in [-0.1, -0.05) is 66.2 Å². The second-order valence-corrected chi connectivity index (χ2v) is 5.72. The maximum atomic E-state index is 4.32. The fourth-order valence-corrected chi connectivity index (χ4v) is 2.81. The van der Waals surface area contributed by atoms with Crippen molar-refractivity contribution in [3.63, 3.8) is 0 Å². The Morgan fingerprint density at radius 2 is 1.60 bits per heavy atom. The molecule has 0 radical (unpaired) electrons. The van der Waals surface area contributed by atoms with E-state index in [2.05, 4.69) is 69.0 Å². The van der Waals surface area contributed by atoms with E-state index in [4.69, 9.17) is 0 Å². The number of hydrogen-bond acceptors (Lipinski definition) is 0. The smallest absolute Gasteiger partial charge is 0.0152 e. The molecule has 2 aromatic carbocycles. The van der Waals surface area contributed by atoms with Crippen LogP contribution in [0.2, 0.25) is 0 Å². The Labute approximate surface area is 121 Å². The predicted octanol–water partition coefficient (Wildman–Crippen LogP) is 5.35. The first-order chi connectivity index (χ1) is 9.63. The minimum absolute atomic E-state index is 1.09. The number of hydrogen-bond donors (Lipinski definition) is 0. The molecule has 1 aliphatic carbocycles. The van der Waals surface area contributed by atoms with Crippen molar-refractivity contribution in [2.75, 3.05) is 0 Å². The van der Waals surface area contributed by atoms with Gasteiger partial charge in [-0.2, -0.15) is 0 Å². The molecule has 0 bridgehead atoms. The Balaban J connectivity index is 1.97. The van der Waals surface area contributed by atoms with Gasteiger partial charge in [0.05, 0.1) is 0 Å². The molecule has 0 saturated carbocycles. The van der Waals surface area contributed by atoms with Gasteiger partial charge in [-0.05, 0) is 54.5 Å². The molecule has 3 rings (SSSR count). The van der Waals surface area contributed by atoms with Crippen molar-refractivity contribution in [1.29, 1.82) is 0 Å². The summed E-state index contributed by atoms with van der Waals surface area (Å²) in [5, 5.41) is 0. The normalized spacial score (nSPS) is 16.3. The van der Waals surface area contributed by atoms with Gasteiger partial charge in [0.15, 0.2) is 0 Å². The molecule has 0 aromatic heterocycles. The Bertz CT molecular complexity index is 684. The molecule has 0 heteroatoms. The average molecular weight is 260 g/mol. The third kappa shape index (κ3) is 2.46. The molecule has 0 N–H and O–H groups in total. The van der Waals surface area contributed by atoms with Gasteiger partial charge in [-0.15, -0.1) is 0 Å². The second-order valence-electron chi connectivity index (χ2n) is 5.72. The summed E-state index contributed by atoms with van der Waals surface area (Å²) in [6, 6.07) is 15.4. The number of fused-ring (bicyclic) bond motifs is 1. The maximum Gasteiger partial charge on any atom is -0.0152 e. The molecule has 0 fully saturated rings. The molecule has 0 unspecified atom stereocenters. The van der Waals surface area contributed by atoms with Crippen molar-refractivity contribution in [2.45, 2.75) is 26.7 Å². The highest BCUT2D eigenvalue weighted by molar-refractivity contribution is 5.86. The Morgan fingerprint density at radius 3 is 2.35 bits per heavy atom. The monoisotopic (exact) mass is 260 g/mol. The fraction of sp³-hybridized carbons (Fsp3) is 0.200. The van der Waals surface area contributed by atoms with Crippen molar-refractivity contribution in [1.82, 2.24) is 0 Å². The van der Waals surface area contributed by atoms with E-state index in [0.717, 1.165) is 12.8 Å². The standard InChI is InChI=1S/C20H20/c1-14-4-7-17(8-5-14)13-19-11-10-18-9-6-15(2)12-20(18)16(19)3/h4-9,12-13H,3,10-11H2,1-2H3/b19-13+. The highest BCUT2D eigenvalue weighted by Crippen LogP contribution is 2.35. The van der Waals surface area contributed by atoms with Gasteiger partial charge in [0.2, 0.25) is 0 Å². The molecule has 2 aromatic rings. The van der Waals surface area contributed by atoms with E-state index < -0.39 is 0 Å².